The second kappa shape index (κ2) is 5.98. The van der Waals surface area contributed by atoms with E-state index in [-0.39, 0.29) is 0 Å². The van der Waals surface area contributed by atoms with E-state index in [0.717, 1.165) is 39.7 Å². The molecule has 1 aromatic carbocycles. The van der Waals surface area contributed by atoms with Crippen LogP contribution in [0.15, 0.2) is 24.3 Å². The number of rotatable bonds is 5. The molecule has 0 aliphatic heterocycles. The lowest BCUT2D eigenvalue weighted by Gasteiger charge is -2.03. The fourth-order valence-electron chi connectivity index (χ4n) is 1.88. The third-order valence-corrected chi connectivity index (χ3v) is 3.62. The summed E-state index contributed by atoms with van der Waals surface area (Å²) in [4.78, 5) is 4.62. The van der Waals surface area contributed by atoms with Crippen LogP contribution in [0.4, 0.5) is 5.00 Å². The van der Waals surface area contributed by atoms with Crippen LogP contribution in [0.2, 0.25) is 0 Å². The average Bonchev–Trinajstić information content (AvgIpc) is 2.72. The lowest BCUT2D eigenvalue weighted by Crippen LogP contribution is -1.90. The monoisotopic (exact) mass is 262 g/mol. The summed E-state index contributed by atoms with van der Waals surface area (Å²) in [7, 11) is 1.70. The summed E-state index contributed by atoms with van der Waals surface area (Å²) in [5.74, 6) is 0. The normalized spacial score (nSPS) is 10.8. The molecule has 0 saturated heterocycles. The van der Waals surface area contributed by atoms with Gasteiger partial charge < -0.3 is 10.5 Å². The van der Waals surface area contributed by atoms with E-state index < -0.39 is 0 Å². The predicted molar refractivity (Wildman–Crippen MR) is 76.7 cm³/mol. The first-order valence-electron chi connectivity index (χ1n) is 6.08. The van der Waals surface area contributed by atoms with Gasteiger partial charge in [-0.2, -0.15) is 0 Å². The summed E-state index contributed by atoms with van der Waals surface area (Å²) < 4.78 is 5.14. The largest absolute Gasteiger partial charge is 0.389 e. The quantitative estimate of drug-likeness (QED) is 0.897. The van der Waals surface area contributed by atoms with Crippen molar-refractivity contribution in [2.24, 2.45) is 0 Å². The predicted octanol–water partition coefficient (Wildman–Crippen LogP) is 3.49. The number of nitrogens with zero attached hydrogens (tertiary/aromatic N) is 1. The number of anilines is 1. The Kier molecular flexibility index (Phi) is 4.33. The highest BCUT2D eigenvalue weighted by molar-refractivity contribution is 7.16. The van der Waals surface area contributed by atoms with E-state index in [4.69, 9.17) is 10.5 Å². The van der Waals surface area contributed by atoms with E-state index in [2.05, 4.69) is 18.0 Å². The fourth-order valence-corrected chi connectivity index (χ4v) is 2.84. The fraction of sp³-hybridized carbons (Fsp3) is 0.357. The van der Waals surface area contributed by atoms with E-state index in [1.54, 1.807) is 18.4 Å². The molecule has 0 radical (unpaired) electrons. The van der Waals surface area contributed by atoms with Crippen LogP contribution in [0.25, 0.3) is 11.3 Å². The second-order valence-corrected chi connectivity index (χ2v) is 5.32. The molecule has 0 amide bonds. The standard InChI is InChI=1S/C14H18N2OS/c1-3-5-12-16-13(14(15)18-12)11-7-4-6-10(8-11)9-17-2/h4,6-8H,3,5,9,15H2,1-2H3. The summed E-state index contributed by atoms with van der Waals surface area (Å²) in [6.45, 7) is 2.76. The van der Waals surface area contributed by atoms with Crippen LogP contribution in [0.1, 0.15) is 23.9 Å². The van der Waals surface area contributed by atoms with Gasteiger partial charge in [-0.3, -0.25) is 0 Å². The molecule has 0 saturated carbocycles. The summed E-state index contributed by atoms with van der Waals surface area (Å²) in [5.41, 5.74) is 9.16. The van der Waals surface area contributed by atoms with Crippen molar-refractivity contribution in [3.05, 3.63) is 34.8 Å². The van der Waals surface area contributed by atoms with E-state index in [0.29, 0.717) is 6.61 Å². The number of ether oxygens (including phenoxy) is 1. The molecule has 96 valence electrons. The molecular formula is C14H18N2OS. The van der Waals surface area contributed by atoms with Gasteiger partial charge in [0.1, 0.15) is 10.7 Å². The highest BCUT2D eigenvalue weighted by Gasteiger charge is 2.10. The molecule has 18 heavy (non-hydrogen) atoms. The van der Waals surface area contributed by atoms with Crippen LogP contribution in [-0.2, 0) is 17.8 Å². The van der Waals surface area contributed by atoms with Crippen molar-refractivity contribution in [1.82, 2.24) is 4.98 Å². The minimum absolute atomic E-state index is 0.611. The number of aromatic nitrogens is 1. The van der Waals surface area contributed by atoms with Crippen LogP contribution < -0.4 is 5.73 Å². The zero-order chi connectivity index (χ0) is 13.0. The van der Waals surface area contributed by atoms with E-state index in [9.17, 15) is 0 Å². The van der Waals surface area contributed by atoms with Crippen LogP contribution in [-0.4, -0.2) is 12.1 Å². The third kappa shape index (κ3) is 2.89. The Hall–Kier alpha value is -1.39. The summed E-state index contributed by atoms with van der Waals surface area (Å²) in [5, 5.41) is 1.91. The molecule has 1 heterocycles. The zero-order valence-electron chi connectivity index (χ0n) is 10.8. The second-order valence-electron chi connectivity index (χ2n) is 4.20. The number of methoxy groups -OCH3 is 1. The first-order valence-corrected chi connectivity index (χ1v) is 6.89. The molecule has 0 aliphatic carbocycles. The van der Waals surface area contributed by atoms with E-state index in [1.165, 1.54) is 0 Å². The molecule has 2 aromatic rings. The molecule has 3 nitrogen and oxygen atoms in total. The summed E-state index contributed by atoms with van der Waals surface area (Å²) in [6, 6.07) is 8.19. The molecule has 0 bridgehead atoms. The van der Waals surface area contributed by atoms with Gasteiger partial charge in [0.15, 0.2) is 0 Å². The SMILES string of the molecule is CCCc1nc(-c2cccc(COC)c2)c(N)s1. The number of hydrogen-bond donors (Lipinski definition) is 1. The maximum Gasteiger partial charge on any atom is 0.114 e. The molecule has 4 heteroatoms. The Morgan fingerprint density at radius 2 is 2.22 bits per heavy atom. The Bertz CT molecular complexity index is 522. The van der Waals surface area contributed by atoms with Crippen LogP contribution in [0.5, 0.6) is 0 Å². The van der Waals surface area contributed by atoms with Crippen molar-refractivity contribution in [3.63, 3.8) is 0 Å². The third-order valence-electron chi connectivity index (χ3n) is 2.67. The van der Waals surface area contributed by atoms with Crippen molar-refractivity contribution in [1.29, 1.82) is 0 Å². The number of thiazole rings is 1. The van der Waals surface area contributed by atoms with Crippen LogP contribution in [0, 0.1) is 0 Å². The van der Waals surface area contributed by atoms with Crippen molar-refractivity contribution in [2.75, 3.05) is 12.8 Å². The molecule has 0 fully saturated rings. The van der Waals surface area contributed by atoms with Crippen LogP contribution in [0.3, 0.4) is 0 Å². The molecular weight excluding hydrogens is 244 g/mol. The average molecular weight is 262 g/mol. The maximum atomic E-state index is 6.05. The summed E-state index contributed by atoms with van der Waals surface area (Å²) in [6.07, 6.45) is 2.09. The molecule has 0 spiro atoms. The highest BCUT2D eigenvalue weighted by atomic mass is 32.1. The summed E-state index contributed by atoms with van der Waals surface area (Å²) >= 11 is 1.59. The number of hydrogen-bond acceptors (Lipinski definition) is 4. The van der Waals surface area contributed by atoms with Gasteiger partial charge in [-0.25, -0.2) is 4.98 Å². The molecule has 2 rings (SSSR count). The zero-order valence-corrected chi connectivity index (χ0v) is 11.6. The first-order chi connectivity index (χ1) is 8.74. The molecule has 1 aromatic heterocycles. The van der Waals surface area contributed by atoms with Crippen molar-refractivity contribution < 1.29 is 4.74 Å². The van der Waals surface area contributed by atoms with Gasteiger partial charge in [0.25, 0.3) is 0 Å². The van der Waals surface area contributed by atoms with Gasteiger partial charge in [-0.05, 0) is 24.5 Å². The van der Waals surface area contributed by atoms with Crippen molar-refractivity contribution >= 4 is 16.3 Å². The lowest BCUT2D eigenvalue weighted by molar-refractivity contribution is 0.185. The van der Waals surface area contributed by atoms with Gasteiger partial charge >= 0.3 is 0 Å². The smallest absolute Gasteiger partial charge is 0.114 e. The van der Waals surface area contributed by atoms with Crippen molar-refractivity contribution in [2.45, 2.75) is 26.4 Å². The first kappa shape index (κ1) is 13.1. The van der Waals surface area contributed by atoms with Gasteiger partial charge in [0.2, 0.25) is 0 Å². The Balaban J connectivity index is 2.32. The number of benzene rings is 1. The Labute approximate surface area is 112 Å². The number of aryl methyl sites for hydroxylation is 1. The molecule has 0 aliphatic rings. The molecule has 0 atom stereocenters. The minimum atomic E-state index is 0.611. The lowest BCUT2D eigenvalue weighted by atomic mass is 10.1. The highest BCUT2D eigenvalue weighted by Crippen LogP contribution is 2.31. The van der Waals surface area contributed by atoms with Gasteiger partial charge in [0.05, 0.1) is 11.6 Å². The molecule has 0 unspecified atom stereocenters. The number of nitrogens with two attached hydrogens (primary N) is 1. The van der Waals surface area contributed by atoms with Crippen LogP contribution >= 0.6 is 11.3 Å². The molecule has 2 N–H and O–H groups in total. The Morgan fingerprint density at radius 1 is 1.39 bits per heavy atom. The van der Waals surface area contributed by atoms with Gasteiger partial charge in [0, 0.05) is 12.7 Å². The Morgan fingerprint density at radius 3 is 2.94 bits per heavy atom. The van der Waals surface area contributed by atoms with Gasteiger partial charge in [-0.1, -0.05) is 25.1 Å². The maximum absolute atomic E-state index is 6.05. The topological polar surface area (TPSA) is 48.1 Å². The van der Waals surface area contributed by atoms with E-state index >= 15 is 0 Å². The van der Waals surface area contributed by atoms with E-state index in [1.807, 2.05) is 18.2 Å². The van der Waals surface area contributed by atoms with Gasteiger partial charge in [-0.15, -0.1) is 11.3 Å². The minimum Gasteiger partial charge on any atom is -0.389 e. The van der Waals surface area contributed by atoms with Crippen molar-refractivity contribution in [3.8, 4) is 11.3 Å². The number of nitrogen functional groups attached to an aromatic ring is 1.